The highest BCUT2D eigenvalue weighted by atomic mass is 16.5. The summed E-state index contributed by atoms with van der Waals surface area (Å²) in [5.41, 5.74) is 7.28. The second-order valence-electron chi connectivity index (χ2n) is 5.96. The van der Waals surface area contributed by atoms with Crippen LogP contribution in [0, 0.1) is 6.92 Å². The molecule has 0 unspecified atom stereocenters. The summed E-state index contributed by atoms with van der Waals surface area (Å²) in [5, 5.41) is 2.93. The molecule has 0 aromatic heterocycles. The minimum absolute atomic E-state index is 0.0294. The molecule has 1 fully saturated rings. The van der Waals surface area contributed by atoms with Crippen LogP contribution in [0.2, 0.25) is 0 Å². The summed E-state index contributed by atoms with van der Waals surface area (Å²) >= 11 is 0. The van der Waals surface area contributed by atoms with Gasteiger partial charge in [0.05, 0.1) is 11.8 Å². The number of hydrogen-bond donors (Lipinski definition) is 2. The summed E-state index contributed by atoms with van der Waals surface area (Å²) in [4.78, 5) is 12.5. The van der Waals surface area contributed by atoms with E-state index in [9.17, 15) is 4.79 Å². The number of nitrogens with one attached hydrogen (secondary N) is 1. The minimum atomic E-state index is -0.455. The van der Waals surface area contributed by atoms with Gasteiger partial charge in [-0.15, -0.1) is 0 Å². The summed E-state index contributed by atoms with van der Waals surface area (Å²) < 4.78 is 11.5. The third kappa shape index (κ3) is 3.93. The molecule has 2 aromatic rings. The molecule has 0 spiro atoms. The molecule has 5 nitrogen and oxygen atoms in total. The predicted molar refractivity (Wildman–Crippen MR) is 93.3 cm³/mol. The van der Waals surface area contributed by atoms with Crippen LogP contribution < -0.4 is 15.8 Å². The summed E-state index contributed by atoms with van der Waals surface area (Å²) in [6.45, 7) is 2.41. The number of carbonyl (C=O) groups excluding carboxylic acids is 1. The van der Waals surface area contributed by atoms with Crippen molar-refractivity contribution in [2.24, 2.45) is 5.73 Å². The third-order valence-electron chi connectivity index (χ3n) is 4.03. The van der Waals surface area contributed by atoms with Crippen molar-refractivity contribution >= 4 is 11.6 Å². The highest BCUT2D eigenvalue weighted by Gasteiger charge is 2.30. The second kappa shape index (κ2) is 7.47. The number of hydrogen-bond acceptors (Lipinski definition) is 4. The van der Waals surface area contributed by atoms with E-state index in [4.69, 9.17) is 15.2 Å². The summed E-state index contributed by atoms with van der Waals surface area (Å²) in [6.07, 6.45) is 1.02. The Hall–Kier alpha value is -2.37. The van der Waals surface area contributed by atoms with E-state index in [-0.39, 0.29) is 12.0 Å². The van der Waals surface area contributed by atoms with Crippen molar-refractivity contribution in [3.05, 3.63) is 54.1 Å². The van der Waals surface area contributed by atoms with Gasteiger partial charge in [-0.3, -0.25) is 4.79 Å². The van der Waals surface area contributed by atoms with Gasteiger partial charge in [0.25, 0.3) is 5.91 Å². The molecular weight excluding hydrogens is 304 g/mol. The lowest BCUT2D eigenvalue weighted by atomic mass is 10.1. The molecule has 1 amide bonds. The first kappa shape index (κ1) is 16.5. The molecule has 126 valence electrons. The second-order valence-corrected chi connectivity index (χ2v) is 5.96. The molecule has 24 heavy (non-hydrogen) atoms. The Bertz CT molecular complexity index is 703. The number of para-hydroxylation sites is 1. The lowest BCUT2D eigenvalue weighted by Crippen LogP contribution is -2.29. The van der Waals surface area contributed by atoms with Crippen LogP contribution in [0.15, 0.2) is 48.5 Å². The van der Waals surface area contributed by atoms with E-state index in [0.717, 1.165) is 17.7 Å². The highest BCUT2D eigenvalue weighted by molar-refractivity contribution is 5.95. The fourth-order valence-electron chi connectivity index (χ4n) is 2.73. The first-order chi connectivity index (χ1) is 11.7. The maximum Gasteiger partial charge on any atom is 0.253 e. The highest BCUT2D eigenvalue weighted by Crippen LogP contribution is 2.31. The number of anilines is 1. The van der Waals surface area contributed by atoms with Crippen LogP contribution in [0.3, 0.4) is 0 Å². The molecule has 1 aliphatic heterocycles. The monoisotopic (exact) mass is 326 g/mol. The Kier molecular flexibility index (Phi) is 5.13. The van der Waals surface area contributed by atoms with Crippen LogP contribution in [0.5, 0.6) is 11.5 Å². The molecule has 3 N–H and O–H groups in total. The van der Waals surface area contributed by atoms with Crippen LogP contribution in [-0.4, -0.2) is 24.7 Å². The fourth-order valence-corrected chi connectivity index (χ4v) is 2.73. The number of carbonyl (C=O) groups is 1. The molecule has 1 heterocycles. The Morgan fingerprint density at radius 2 is 2.04 bits per heavy atom. The standard InChI is InChI=1S/C19H22N2O3/c1-13-7-9-17(23-14-5-3-2-4-6-14)16(11-13)21-19(22)18-10-8-15(12-20)24-18/h2-7,9,11,15,18H,8,10,12,20H2,1H3,(H,21,22)/t15-,18+/m1/s1. The van der Waals surface area contributed by atoms with Gasteiger partial charge in [-0.2, -0.15) is 0 Å². The molecule has 3 rings (SSSR count). The van der Waals surface area contributed by atoms with E-state index >= 15 is 0 Å². The third-order valence-corrected chi connectivity index (χ3v) is 4.03. The van der Waals surface area contributed by atoms with E-state index in [0.29, 0.717) is 24.4 Å². The van der Waals surface area contributed by atoms with Gasteiger partial charge in [0.15, 0.2) is 5.75 Å². The molecule has 2 atom stereocenters. The number of aryl methyl sites for hydroxylation is 1. The number of ether oxygens (including phenoxy) is 2. The summed E-state index contributed by atoms with van der Waals surface area (Å²) in [6, 6.07) is 15.2. The smallest absolute Gasteiger partial charge is 0.253 e. The van der Waals surface area contributed by atoms with Crippen LogP contribution in [0.25, 0.3) is 0 Å². The topological polar surface area (TPSA) is 73.6 Å². The Balaban J connectivity index is 1.75. The van der Waals surface area contributed by atoms with E-state index in [1.807, 2.05) is 55.5 Å². The maximum atomic E-state index is 12.5. The SMILES string of the molecule is Cc1ccc(Oc2ccccc2)c(NC(=O)[C@@H]2CC[C@H](CN)O2)c1. The number of rotatable bonds is 5. The van der Waals surface area contributed by atoms with E-state index < -0.39 is 6.10 Å². The van der Waals surface area contributed by atoms with E-state index in [1.54, 1.807) is 0 Å². The maximum absolute atomic E-state index is 12.5. The lowest BCUT2D eigenvalue weighted by molar-refractivity contribution is -0.126. The minimum Gasteiger partial charge on any atom is -0.455 e. The normalized spacial score (nSPS) is 19.9. The van der Waals surface area contributed by atoms with Crippen molar-refractivity contribution in [3.8, 4) is 11.5 Å². The van der Waals surface area contributed by atoms with E-state index in [1.165, 1.54) is 0 Å². The zero-order valence-electron chi connectivity index (χ0n) is 13.7. The van der Waals surface area contributed by atoms with Gasteiger partial charge in [0, 0.05) is 6.54 Å². The first-order valence-corrected chi connectivity index (χ1v) is 8.15. The quantitative estimate of drug-likeness (QED) is 0.885. The number of benzene rings is 2. The molecule has 0 bridgehead atoms. The molecule has 5 heteroatoms. The number of nitrogens with two attached hydrogens (primary N) is 1. The fraction of sp³-hybridized carbons (Fsp3) is 0.316. The first-order valence-electron chi connectivity index (χ1n) is 8.15. The zero-order chi connectivity index (χ0) is 16.9. The predicted octanol–water partition coefficient (Wildman–Crippen LogP) is 3.23. The van der Waals surface area contributed by atoms with Gasteiger partial charge >= 0.3 is 0 Å². The number of amides is 1. The van der Waals surface area contributed by atoms with Gasteiger partial charge in [-0.25, -0.2) is 0 Å². The average molecular weight is 326 g/mol. The lowest BCUT2D eigenvalue weighted by Gasteiger charge is -2.16. The summed E-state index contributed by atoms with van der Waals surface area (Å²) in [7, 11) is 0. The van der Waals surface area contributed by atoms with Crippen molar-refractivity contribution in [1.29, 1.82) is 0 Å². The van der Waals surface area contributed by atoms with Crippen molar-refractivity contribution < 1.29 is 14.3 Å². The van der Waals surface area contributed by atoms with Crippen LogP contribution in [0.4, 0.5) is 5.69 Å². The largest absolute Gasteiger partial charge is 0.455 e. The van der Waals surface area contributed by atoms with Gasteiger partial charge in [-0.1, -0.05) is 24.3 Å². The zero-order valence-corrected chi connectivity index (χ0v) is 13.7. The van der Waals surface area contributed by atoms with Gasteiger partial charge in [-0.05, 0) is 49.6 Å². The van der Waals surface area contributed by atoms with Crippen molar-refractivity contribution in [2.75, 3.05) is 11.9 Å². The van der Waals surface area contributed by atoms with Crippen molar-refractivity contribution in [3.63, 3.8) is 0 Å². The molecule has 0 radical (unpaired) electrons. The molecule has 1 aliphatic rings. The van der Waals surface area contributed by atoms with Crippen LogP contribution in [-0.2, 0) is 9.53 Å². The Morgan fingerprint density at radius 1 is 1.25 bits per heavy atom. The van der Waals surface area contributed by atoms with Gasteiger partial charge in [0.1, 0.15) is 11.9 Å². The van der Waals surface area contributed by atoms with Crippen LogP contribution in [0.1, 0.15) is 18.4 Å². The Labute approximate surface area is 141 Å². The van der Waals surface area contributed by atoms with Crippen molar-refractivity contribution in [2.45, 2.75) is 32.0 Å². The van der Waals surface area contributed by atoms with Gasteiger partial charge in [0.2, 0.25) is 0 Å². The van der Waals surface area contributed by atoms with E-state index in [2.05, 4.69) is 5.32 Å². The average Bonchev–Trinajstić information content (AvgIpc) is 3.07. The van der Waals surface area contributed by atoms with Gasteiger partial charge < -0.3 is 20.5 Å². The molecule has 2 aromatic carbocycles. The molecular formula is C19H22N2O3. The van der Waals surface area contributed by atoms with Crippen LogP contribution >= 0.6 is 0 Å². The molecule has 1 saturated heterocycles. The Morgan fingerprint density at radius 3 is 2.75 bits per heavy atom. The molecule has 0 aliphatic carbocycles. The summed E-state index contributed by atoms with van der Waals surface area (Å²) in [5.74, 6) is 1.17. The molecule has 0 saturated carbocycles. The van der Waals surface area contributed by atoms with Crippen molar-refractivity contribution in [1.82, 2.24) is 0 Å².